The van der Waals surface area contributed by atoms with Crippen LogP contribution in [0.5, 0.6) is 11.5 Å². The van der Waals surface area contributed by atoms with Gasteiger partial charge in [0.25, 0.3) is 0 Å². The second kappa shape index (κ2) is 9.65. The van der Waals surface area contributed by atoms with Crippen molar-refractivity contribution in [2.75, 3.05) is 57.7 Å². The molecule has 1 saturated heterocycles. The van der Waals surface area contributed by atoms with Crippen LogP contribution in [0.1, 0.15) is 17.5 Å². The van der Waals surface area contributed by atoms with Gasteiger partial charge >= 0.3 is 0 Å². The number of nitrogens with one attached hydrogen (secondary N) is 1. The Morgan fingerprint density at radius 3 is 2.48 bits per heavy atom. The molecule has 0 unspecified atom stereocenters. The second-order valence-electron chi connectivity index (χ2n) is 7.49. The number of carbonyl (C=O) groups excluding carboxylic acids is 1. The van der Waals surface area contributed by atoms with Crippen LogP contribution in [0.4, 0.5) is 11.4 Å². The predicted octanol–water partition coefficient (Wildman–Crippen LogP) is 3.34. The Morgan fingerprint density at radius 1 is 1.07 bits per heavy atom. The number of carbonyl (C=O) groups is 1. The number of rotatable bonds is 7. The number of hydrogen-bond donors (Lipinski definition) is 1. The van der Waals surface area contributed by atoms with Crippen LogP contribution in [-0.4, -0.2) is 58.3 Å². The molecule has 0 bridgehead atoms. The third-order valence-electron chi connectivity index (χ3n) is 5.46. The van der Waals surface area contributed by atoms with E-state index >= 15 is 0 Å². The SMILES string of the molecule is COc1cccc(CCC(=O)Nc2ccc(N3CCN(C)CC3)cc2C)c1OC. The zero-order valence-corrected chi connectivity index (χ0v) is 17.8. The molecule has 0 saturated carbocycles. The van der Waals surface area contributed by atoms with Gasteiger partial charge in [0.05, 0.1) is 14.2 Å². The van der Waals surface area contributed by atoms with E-state index in [-0.39, 0.29) is 5.91 Å². The Labute approximate surface area is 173 Å². The number of ether oxygens (including phenoxy) is 2. The number of benzene rings is 2. The maximum Gasteiger partial charge on any atom is 0.224 e. The highest BCUT2D eigenvalue weighted by Crippen LogP contribution is 2.31. The highest BCUT2D eigenvalue weighted by molar-refractivity contribution is 5.92. The highest BCUT2D eigenvalue weighted by Gasteiger charge is 2.16. The fourth-order valence-corrected chi connectivity index (χ4v) is 3.66. The molecule has 6 heteroatoms. The van der Waals surface area contributed by atoms with Crippen LogP contribution in [0.3, 0.4) is 0 Å². The summed E-state index contributed by atoms with van der Waals surface area (Å²) in [6.07, 6.45) is 0.966. The van der Waals surface area contributed by atoms with Crippen molar-refractivity contribution in [3.05, 3.63) is 47.5 Å². The second-order valence-corrected chi connectivity index (χ2v) is 7.49. The third kappa shape index (κ3) is 5.21. The van der Waals surface area contributed by atoms with E-state index in [0.717, 1.165) is 43.0 Å². The average molecular weight is 398 g/mol. The molecule has 0 spiro atoms. The summed E-state index contributed by atoms with van der Waals surface area (Å²) in [5, 5.41) is 3.05. The van der Waals surface area contributed by atoms with Gasteiger partial charge < -0.3 is 24.6 Å². The lowest BCUT2D eigenvalue weighted by molar-refractivity contribution is -0.116. The van der Waals surface area contributed by atoms with E-state index in [1.165, 1.54) is 5.69 Å². The topological polar surface area (TPSA) is 54.0 Å². The lowest BCUT2D eigenvalue weighted by atomic mass is 10.1. The van der Waals surface area contributed by atoms with E-state index in [2.05, 4.69) is 34.3 Å². The van der Waals surface area contributed by atoms with Gasteiger partial charge in [0, 0.05) is 44.0 Å². The minimum Gasteiger partial charge on any atom is -0.493 e. The van der Waals surface area contributed by atoms with Crippen molar-refractivity contribution in [2.24, 2.45) is 0 Å². The molecule has 0 aromatic heterocycles. The maximum absolute atomic E-state index is 12.5. The zero-order valence-electron chi connectivity index (χ0n) is 17.8. The van der Waals surface area contributed by atoms with Gasteiger partial charge in [0.2, 0.25) is 5.91 Å². The Hall–Kier alpha value is -2.73. The molecule has 1 aliphatic heterocycles. The van der Waals surface area contributed by atoms with Crippen LogP contribution >= 0.6 is 0 Å². The molecule has 2 aromatic carbocycles. The van der Waals surface area contributed by atoms with Gasteiger partial charge in [-0.15, -0.1) is 0 Å². The maximum atomic E-state index is 12.5. The highest BCUT2D eigenvalue weighted by atomic mass is 16.5. The van der Waals surface area contributed by atoms with E-state index in [4.69, 9.17) is 9.47 Å². The molecule has 1 aliphatic rings. The van der Waals surface area contributed by atoms with Crippen molar-refractivity contribution in [3.8, 4) is 11.5 Å². The van der Waals surface area contributed by atoms with E-state index in [1.54, 1.807) is 14.2 Å². The molecule has 3 rings (SSSR count). The van der Waals surface area contributed by atoms with Crippen LogP contribution in [0.25, 0.3) is 0 Å². The molecule has 0 atom stereocenters. The number of aryl methyl sites for hydroxylation is 2. The molecule has 1 heterocycles. The first kappa shape index (κ1) is 21.0. The van der Waals surface area contributed by atoms with E-state index in [0.29, 0.717) is 24.3 Å². The molecule has 1 fully saturated rings. The Balaban J connectivity index is 1.60. The molecular weight excluding hydrogens is 366 g/mol. The van der Waals surface area contributed by atoms with Crippen molar-refractivity contribution in [1.29, 1.82) is 0 Å². The molecule has 1 N–H and O–H groups in total. The van der Waals surface area contributed by atoms with Gasteiger partial charge in [-0.3, -0.25) is 4.79 Å². The van der Waals surface area contributed by atoms with Crippen molar-refractivity contribution < 1.29 is 14.3 Å². The molecular formula is C23H31N3O3. The molecule has 0 radical (unpaired) electrons. The first-order chi connectivity index (χ1) is 14.0. The zero-order chi connectivity index (χ0) is 20.8. The molecule has 6 nitrogen and oxygen atoms in total. The predicted molar refractivity (Wildman–Crippen MR) is 117 cm³/mol. The fourth-order valence-electron chi connectivity index (χ4n) is 3.66. The number of nitrogens with zero attached hydrogens (tertiary/aromatic N) is 2. The molecule has 1 amide bonds. The lowest BCUT2D eigenvalue weighted by Crippen LogP contribution is -2.44. The summed E-state index contributed by atoms with van der Waals surface area (Å²) in [4.78, 5) is 17.3. The summed E-state index contributed by atoms with van der Waals surface area (Å²) < 4.78 is 10.8. The number of methoxy groups -OCH3 is 2. The third-order valence-corrected chi connectivity index (χ3v) is 5.46. The molecule has 0 aliphatic carbocycles. The van der Waals surface area contributed by atoms with Crippen molar-refractivity contribution in [3.63, 3.8) is 0 Å². The average Bonchev–Trinajstić information content (AvgIpc) is 2.73. The number of hydrogen-bond acceptors (Lipinski definition) is 5. The summed E-state index contributed by atoms with van der Waals surface area (Å²) in [6.45, 7) is 6.25. The van der Waals surface area contributed by atoms with E-state index in [1.807, 2.05) is 31.2 Å². The van der Waals surface area contributed by atoms with Crippen molar-refractivity contribution in [2.45, 2.75) is 19.8 Å². The number of amides is 1. The number of likely N-dealkylation sites (N-methyl/N-ethyl adjacent to an activating group) is 1. The van der Waals surface area contributed by atoms with E-state index in [9.17, 15) is 4.79 Å². The largest absolute Gasteiger partial charge is 0.493 e. The van der Waals surface area contributed by atoms with Crippen LogP contribution in [0.2, 0.25) is 0 Å². The van der Waals surface area contributed by atoms with E-state index < -0.39 is 0 Å². The number of piperazine rings is 1. The normalized spacial score (nSPS) is 14.6. The van der Waals surface area contributed by atoms with Crippen LogP contribution in [0.15, 0.2) is 36.4 Å². The number of para-hydroxylation sites is 1. The number of anilines is 2. The minimum atomic E-state index is -0.00896. The van der Waals surface area contributed by atoms with Gasteiger partial charge in [-0.2, -0.15) is 0 Å². The first-order valence-electron chi connectivity index (χ1n) is 10.1. The minimum absolute atomic E-state index is 0.00896. The molecule has 29 heavy (non-hydrogen) atoms. The quantitative estimate of drug-likeness (QED) is 0.777. The van der Waals surface area contributed by atoms with Crippen LogP contribution in [0, 0.1) is 6.92 Å². The monoisotopic (exact) mass is 397 g/mol. The van der Waals surface area contributed by atoms with Gasteiger partial charge in [-0.25, -0.2) is 0 Å². The van der Waals surface area contributed by atoms with Crippen LogP contribution < -0.4 is 19.7 Å². The molecule has 2 aromatic rings. The Kier molecular flexibility index (Phi) is 6.99. The van der Waals surface area contributed by atoms with Gasteiger partial charge in [0.15, 0.2) is 11.5 Å². The standard InChI is InChI=1S/C23H31N3O3/c1-17-16-19(26-14-12-25(2)13-15-26)9-10-20(17)24-22(27)11-8-18-6-5-7-21(28-3)23(18)29-4/h5-7,9-10,16H,8,11-15H2,1-4H3,(H,24,27). The summed E-state index contributed by atoms with van der Waals surface area (Å²) in [7, 11) is 5.39. The van der Waals surface area contributed by atoms with Crippen molar-refractivity contribution >= 4 is 17.3 Å². The summed E-state index contributed by atoms with van der Waals surface area (Å²) in [5.74, 6) is 1.36. The Bertz CT molecular complexity index is 845. The van der Waals surface area contributed by atoms with Crippen molar-refractivity contribution in [1.82, 2.24) is 4.90 Å². The first-order valence-corrected chi connectivity index (χ1v) is 10.1. The lowest BCUT2D eigenvalue weighted by Gasteiger charge is -2.34. The Morgan fingerprint density at radius 2 is 1.83 bits per heavy atom. The van der Waals surface area contributed by atoms with Gasteiger partial charge in [-0.1, -0.05) is 12.1 Å². The fraction of sp³-hybridized carbons (Fsp3) is 0.435. The summed E-state index contributed by atoms with van der Waals surface area (Å²) in [6, 6.07) is 12.0. The smallest absolute Gasteiger partial charge is 0.224 e. The summed E-state index contributed by atoms with van der Waals surface area (Å²) >= 11 is 0. The van der Waals surface area contributed by atoms with Crippen LogP contribution in [-0.2, 0) is 11.2 Å². The van der Waals surface area contributed by atoms with Gasteiger partial charge in [-0.05, 0) is 55.8 Å². The summed E-state index contributed by atoms with van der Waals surface area (Å²) in [5.41, 5.74) is 4.12. The molecule has 156 valence electrons. The van der Waals surface area contributed by atoms with Gasteiger partial charge in [0.1, 0.15) is 0 Å².